The lowest BCUT2D eigenvalue weighted by atomic mass is 10.2. The van der Waals surface area contributed by atoms with Crippen molar-refractivity contribution in [2.24, 2.45) is 0 Å². The number of hydrogen-bond acceptors (Lipinski definition) is 3. The average molecular weight is 146 g/mol. The molecule has 1 heterocycles. The van der Waals surface area contributed by atoms with Gasteiger partial charge in [-0.2, -0.15) is 0 Å². The Kier molecular flexibility index (Phi) is 2.21. The Morgan fingerprint density at radius 2 is 2.50 bits per heavy atom. The third-order valence-corrected chi connectivity index (χ3v) is 1.71. The third-order valence-electron chi connectivity index (χ3n) is 1.71. The summed E-state index contributed by atoms with van der Waals surface area (Å²) in [5, 5.41) is 20.0. The number of carboxylic acids is 1. The molecule has 5 nitrogen and oxygen atoms in total. The van der Waals surface area contributed by atoms with Crippen LogP contribution in [0.4, 0.5) is 0 Å². The summed E-state index contributed by atoms with van der Waals surface area (Å²) in [6.07, 6.45) is 1.39. The summed E-state index contributed by atoms with van der Waals surface area (Å²) < 4.78 is 0. The first-order valence-corrected chi connectivity index (χ1v) is 3.19. The Balaban J connectivity index is 2.50. The summed E-state index contributed by atoms with van der Waals surface area (Å²) in [6, 6.07) is -0.572. The van der Waals surface area contributed by atoms with E-state index in [1.54, 1.807) is 0 Å². The lowest BCUT2D eigenvalue weighted by Crippen LogP contribution is -2.89. The van der Waals surface area contributed by atoms with Gasteiger partial charge in [0.05, 0.1) is 0 Å². The van der Waals surface area contributed by atoms with Crippen molar-refractivity contribution in [1.82, 2.24) is 5.01 Å². The van der Waals surface area contributed by atoms with Crippen LogP contribution < -0.4 is 5.59 Å². The molecule has 10 heavy (non-hydrogen) atoms. The van der Waals surface area contributed by atoms with Crippen molar-refractivity contribution >= 4 is 5.97 Å². The van der Waals surface area contributed by atoms with E-state index in [1.807, 2.05) is 0 Å². The van der Waals surface area contributed by atoms with Gasteiger partial charge in [0.2, 0.25) is 0 Å². The second-order valence-electron chi connectivity index (χ2n) is 2.34. The highest BCUT2D eigenvalue weighted by Crippen LogP contribution is 2.11. The van der Waals surface area contributed by atoms with E-state index in [9.17, 15) is 10.0 Å². The molecule has 1 saturated heterocycles. The zero-order valence-corrected chi connectivity index (χ0v) is 5.49. The van der Waals surface area contributed by atoms with Crippen LogP contribution in [-0.2, 0) is 4.79 Å². The van der Waals surface area contributed by atoms with Gasteiger partial charge in [0.15, 0.2) is 6.04 Å². The predicted octanol–water partition coefficient (Wildman–Crippen LogP) is -1.49. The highest BCUT2D eigenvalue weighted by Gasteiger charge is 2.31. The van der Waals surface area contributed by atoms with Crippen LogP contribution in [0.2, 0.25) is 0 Å². The lowest BCUT2D eigenvalue weighted by Gasteiger charge is -2.18. The summed E-state index contributed by atoms with van der Waals surface area (Å²) in [4.78, 5) is 10.4. The largest absolute Gasteiger partial charge is 0.614 e. The van der Waals surface area contributed by atoms with Gasteiger partial charge in [-0.15, -0.1) is 5.01 Å². The van der Waals surface area contributed by atoms with Crippen LogP contribution in [-0.4, -0.2) is 28.7 Å². The summed E-state index contributed by atoms with van der Waals surface area (Å²) >= 11 is 0. The second kappa shape index (κ2) is 2.96. The fraction of sp³-hybridized carbons (Fsp3) is 0.800. The van der Waals surface area contributed by atoms with Crippen LogP contribution in [0.5, 0.6) is 0 Å². The van der Waals surface area contributed by atoms with E-state index in [0.29, 0.717) is 18.6 Å². The SMILES string of the molecule is O=C(O)[C@@H]1CCCN1[NH2+][O-]. The molecule has 0 saturated carbocycles. The first-order chi connectivity index (χ1) is 4.75. The molecule has 0 aliphatic carbocycles. The molecule has 0 bridgehead atoms. The van der Waals surface area contributed by atoms with Gasteiger partial charge in [-0.1, -0.05) is 0 Å². The monoisotopic (exact) mass is 146 g/mol. The molecule has 58 valence electrons. The maximum atomic E-state index is 10.4. The summed E-state index contributed by atoms with van der Waals surface area (Å²) in [6.45, 7) is 0.584. The molecule has 3 N–H and O–H groups in total. The first-order valence-electron chi connectivity index (χ1n) is 3.19. The van der Waals surface area contributed by atoms with Crippen molar-refractivity contribution in [1.29, 1.82) is 0 Å². The minimum absolute atomic E-state index is 0.572. The van der Waals surface area contributed by atoms with Gasteiger partial charge in [0.1, 0.15) is 0 Å². The number of quaternary nitrogens is 1. The molecule has 0 radical (unpaired) electrons. The quantitative estimate of drug-likeness (QED) is 0.367. The normalized spacial score (nSPS) is 27.1. The maximum absolute atomic E-state index is 10.4. The third kappa shape index (κ3) is 1.26. The molecule has 0 aromatic heterocycles. The molecule has 1 atom stereocenters. The highest BCUT2D eigenvalue weighted by molar-refractivity contribution is 5.73. The van der Waals surface area contributed by atoms with Crippen LogP contribution in [0.3, 0.4) is 0 Å². The van der Waals surface area contributed by atoms with E-state index in [2.05, 4.69) is 0 Å². The molecule has 1 fully saturated rings. The Morgan fingerprint density at radius 3 is 2.90 bits per heavy atom. The number of carbonyl (C=O) groups is 1. The fourth-order valence-electron chi connectivity index (χ4n) is 1.18. The van der Waals surface area contributed by atoms with Crippen molar-refractivity contribution in [2.75, 3.05) is 6.54 Å². The number of rotatable bonds is 2. The van der Waals surface area contributed by atoms with Gasteiger partial charge in [0.25, 0.3) is 0 Å². The standard InChI is InChI=1S/C5H10N2O3/c8-5(9)4-2-1-3-7(4)6-10/h4H,1-3,6H2,(H,8,9)/t4-/m0/s1. The second-order valence-corrected chi connectivity index (χ2v) is 2.34. The van der Waals surface area contributed by atoms with Crippen LogP contribution in [0.15, 0.2) is 0 Å². The summed E-state index contributed by atoms with van der Waals surface area (Å²) in [5.41, 5.74) is 0.603. The molecule has 1 rings (SSSR count). The van der Waals surface area contributed by atoms with E-state index < -0.39 is 12.0 Å². The van der Waals surface area contributed by atoms with Gasteiger partial charge in [-0.3, -0.25) is 4.79 Å². The van der Waals surface area contributed by atoms with Gasteiger partial charge in [-0.25, -0.2) is 0 Å². The van der Waals surface area contributed by atoms with Crippen LogP contribution in [0, 0.1) is 5.21 Å². The Labute approximate surface area is 58.2 Å². The minimum Gasteiger partial charge on any atom is -0.614 e. The van der Waals surface area contributed by atoms with Crippen LogP contribution >= 0.6 is 0 Å². The topological polar surface area (TPSA) is 80.2 Å². The van der Waals surface area contributed by atoms with E-state index in [1.165, 1.54) is 5.01 Å². The summed E-state index contributed by atoms with van der Waals surface area (Å²) in [5.74, 6) is -0.899. The number of carboxylic acid groups (broad SMARTS) is 1. The minimum atomic E-state index is -0.899. The number of aliphatic carboxylic acids is 1. The zero-order chi connectivity index (χ0) is 7.56. The smallest absolute Gasteiger partial charge is 0.326 e. The summed E-state index contributed by atoms with van der Waals surface area (Å²) in [7, 11) is 0. The number of nitrogens with zero attached hydrogens (tertiary/aromatic N) is 1. The van der Waals surface area contributed by atoms with Crippen LogP contribution in [0.25, 0.3) is 0 Å². The van der Waals surface area contributed by atoms with E-state index in [-0.39, 0.29) is 0 Å². The maximum Gasteiger partial charge on any atom is 0.326 e. The van der Waals surface area contributed by atoms with E-state index in [4.69, 9.17) is 5.11 Å². The van der Waals surface area contributed by atoms with Crippen molar-refractivity contribution in [3.63, 3.8) is 0 Å². The molecule has 0 spiro atoms. The Bertz CT molecular complexity index is 139. The number of hydrogen-bond donors (Lipinski definition) is 2. The molecule has 0 unspecified atom stereocenters. The Morgan fingerprint density at radius 1 is 1.80 bits per heavy atom. The van der Waals surface area contributed by atoms with Crippen molar-refractivity contribution in [2.45, 2.75) is 18.9 Å². The molecular formula is C5H10N2O3. The van der Waals surface area contributed by atoms with Gasteiger partial charge in [0, 0.05) is 6.54 Å². The molecule has 1 aliphatic rings. The predicted molar refractivity (Wildman–Crippen MR) is 32.7 cm³/mol. The lowest BCUT2D eigenvalue weighted by molar-refractivity contribution is -0.753. The first kappa shape index (κ1) is 7.46. The van der Waals surface area contributed by atoms with E-state index in [0.717, 1.165) is 6.42 Å². The molecule has 0 aromatic carbocycles. The Hall–Kier alpha value is -0.650. The van der Waals surface area contributed by atoms with Gasteiger partial charge >= 0.3 is 5.97 Å². The molecule has 5 heteroatoms. The molecule has 1 aliphatic heterocycles. The fourth-order valence-corrected chi connectivity index (χ4v) is 1.18. The van der Waals surface area contributed by atoms with E-state index >= 15 is 0 Å². The van der Waals surface area contributed by atoms with Crippen LogP contribution in [0.1, 0.15) is 12.8 Å². The van der Waals surface area contributed by atoms with Gasteiger partial charge in [-0.05, 0) is 12.8 Å². The molecule has 0 aromatic rings. The molecular weight excluding hydrogens is 136 g/mol. The number of nitrogens with two attached hydrogens (primary N) is 1. The zero-order valence-electron chi connectivity index (χ0n) is 5.49. The van der Waals surface area contributed by atoms with Crippen molar-refractivity contribution < 1.29 is 15.5 Å². The van der Waals surface area contributed by atoms with Gasteiger partial charge < -0.3 is 15.9 Å². The van der Waals surface area contributed by atoms with Crippen molar-refractivity contribution in [3.8, 4) is 0 Å². The molecule has 0 amide bonds. The van der Waals surface area contributed by atoms with Crippen molar-refractivity contribution in [3.05, 3.63) is 5.21 Å². The average Bonchev–Trinajstić information content (AvgIpc) is 2.33. The highest BCUT2D eigenvalue weighted by atomic mass is 16.5.